The minimum Gasteiger partial charge on any atom is -0.465 e. The highest BCUT2D eigenvalue weighted by molar-refractivity contribution is 6.19. The maximum absolute atomic E-state index is 12.8. The molecule has 0 aromatic carbocycles. The van der Waals surface area contributed by atoms with Crippen molar-refractivity contribution in [3.63, 3.8) is 0 Å². The lowest BCUT2D eigenvalue weighted by Crippen LogP contribution is -2.36. The normalized spacial score (nSPS) is 14.2. The number of hydrogen-bond acceptors (Lipinski definition) is 4. The molecular weight excluding hydrogens is 246 g/mol. The molecule has 0 spiro atoms. The van der Waals surface area contributed by atoms with E-state index in [-0.39, 0.29) is 0 Å². The van der Waals surface area contributed by atoms with Gasteiger partial charge in [-0.1, -0.05) is 0 Å². The Labute approximate surface area is 94.8 Å². The molecule has 0 bridgehead atoms. The Bertz CT molecular complexity index is 336. The van der Waals surface area contributed by atoms with E-state index < -0.39 is 29.7 Å². The molecule has 0 aliphatic carbocycles. The molecule has 0 aromatic heterocycles. The van der Waals surface area contributed by atoms with Crippen molar-refractivity contribution in [3.05, 3.63) is 11.8 Å². The van der Waals surface area contributed by atoms with Crippen molar-refractivity contribution in [1.29, 1.82) is 0 Å². The van der Waals surface area contributed by atoms with Crippen molar-refractivity contribution in [3.8, 4) is 0 Å². The summed E-state index contributed by atoms with van der Waals surface area (Å²) in [5.41, 5.74) is -0.998. The van der Waals surface area contributed by atoms with Gasteiger partial charge in [-0.3, -0.25) is 4.79 Å². The van der Waals surface area contributed by atoms with Crippen molar-refractivity contribution < 1.29 is 31.9 Å². The van der Waals surface area contributed by atoms with Crippen LogP contribution in [0.3, 0.4) is 0 Å². The van der Waals surface area contributed by atoms with E-state index in [1.54, 1.807) is 0 Å². The van der Waals surface area contributed by atoms with Crippen LogP contribution in [-0.4, -0.2) is 50.2 Å². The van der Waals surface area contributed by atoms with Crippen LogP contribution in [0.1, 0.15) is 0 Å². The van der Waals surface area contributed by atoms with E-state index in [4.69, 9.17) is 0 Å². The second-order valence-electron chi connectivity index (χ2n) is 3.27. The van der Waals surface area contributed by atoms with Crippen LogP contribution in [0.15, 0.2) is 11.8 Å². The molecule has 0 rings (SSSR count). The lowest BCUT2D eigenvalue weighted by atomic mass is 10.1. The summed E-state index contributed by atoms with van der Waals surface area (Å²) in [7, 11) is 3.59. The summed E-state index contributed by atoms with van der Waals surface area (Å²) in [6.07, 6.45) is -8.32. The smallest absolute Gasteiger partial charge is 0.427 e. The molecule has 0 aliphatic rings. The van der Waals surface area contributed by atoms with Gasteiger partial charge in [0.05, 0.1) is 7.11 Å². The van der Waals surface area contributed by atoms with Crippen molar-refractivity contribution in [1.82, 2.24) is 4.90 Å². The zero-order valence-corrected chi connectivity index (χ0v) is 9.34. The van der Waals surface area contributed by atoms with Gasteiger partial charge in [-0.25, -0.2) is 9.18 Å². The number of carbonyl (C=O) groups is 2. The average molecular weight is 257 g/mol. The standard InChI is InChI=1S/C9H11F4NO3/c1-14(2)4-5(8(16)17-3)6(15)7(10)9(11,12)13/h4,7H,1-3H3. The molecule has 0 saturated heterocycles. The molecule has 8 heteroatoms. The van der Waals surface area contributed by atoms with Gasteiger partial charge in [-0.05, 0) is 0 Å². The molecule has 1 unspecified atom stereocenters. The topological polar surface area (TPSA) is 46.6 Å². The Morgan fingerprint density at radius 1 is 1.29 bits per heavy atom. The summed E-state index contributed by atoms with van der Waals surface area (Å²) in [5.74, 6) is -3.30. The van der Waals surface area contributed by atoms with Crippen molar-refractivity contribution >= 4 is 11.8 Å². The van der Waals surface area contributed by atoms with Crippen LogP contribution in [0.4, 0.5) is 17.6 Å². The second-order valence-corrected chi connectivity index (χ2v) is 3.27. The van der Waals surface area contributed by atoms with E-state index in [2.05, 4.69) is 4.74 Å². The van der Waals surface area contributed by atoms with Gasteiger partial charge in [-0.2, -0.15) is 13.2 Å². The molecular formula is C9H11F4NO3. The van der Waals surface area contributed by atoms with Crippen LogP contribution in [-0.2, 0) is 14.3 Å². The largest absolute Gasteiger partial charge is 0.465 e. The van der Waals surface area contributed by atoms with Crippen LogP contribution in [0.25, 0.3) is 0 Å². The highest BCUT2D eigenvalue weighted by Gasteiger charge is 2.47. The van der Waals surface area contributed by atoms with Gasteiger partial charge in [0.25, 0.3) is 6.17 Å². The Morgan fingerprint density at radius 3 is 2.06 bits per heavy atom. The minimum atomic E-state index is -5.35. The molecule has 0 radical (unpaired) electrons. The van der Waals surface area contributed by atoms with Crippen LogP contribution in [0.5, 0.6) is 0 Å². The molecule has 0 saturated carbocycles. The minimum absolute atomic E-state index is 0.770. The molecule has 98 valence electrons. The van der Waals surface area contributed by atoms with Crippen LogP contribution in [0, 0.1) is 0 Å². The fraction of sp³-hybridized carbons (Fsp3) is 0.556. The molecule has 17 heavy (non-hydrogen) atoms. The first-order chi connectivity index (χ1) is 7.61. The zero-order valence-electron chi connectivity index (χ0n) is 9.34. The van der Waals surface area contributed by atoms with Crippen molar-refractivity contribution in [2.45, 2.75) is 12.3 Å². The van der Waals surface area contributed by atoms with E-state index >= 15 is 0 Å². The Kier molecular flexibility index (Phi) is 5.11. The number of nitrogens with zero attached hydrogens (tertiary/aromatic N) is 1. The van der Waals surface area contributed by atoms with Gasteiger partial charge in [0.1, 0.15) is 5.57 Å². The maximum Gasteiger partial charge on any atom is 0.427 e. The number of alkyl halides is 4. The average Bonchev–Trinajstić information content (AvgIpc) is 2.21. The fourth-order valence-electron chi connectivity index (χ4n) is 0.870. The lowest BCUT2D eigenvalue weighted by molar-refractivity contribution is -0.183. The number of hydrogen-bond donors (Lipinski definition) is 0. The number of halogens is 4. The van der Waals surface area contributed by atoms with E-state index in [1.165, 1.54) is 14.1 Å². The molecule has 0 amide bonds. The first kappa shape index (κ1) is 15.4. The number of ketones is 1. The summed E-state index contributed by atoms with van der Waals surface area (Å²) in [4.78, 5) is 23.3. The van der Waals surface area contributed by atoms with Crippen LogP contribution in [0.2, 0.25) is 0 Å². The van der Waals surface area contributed by atoms with Gasteiger partial charge in [-0.15, -0.1) is 0 Å². The zero-order chi connectivity index (χ0) is 13.8. The third-order valence-electron chi connectivity index (χ3n) is 1.58. The molecule has 0 fully saturated rings. The quantitative estimate of drug-likeness (QED) is 0.248. The SMILES string of the molecule is COC(=O)C(=CN(C)C)C(=O)C(F)C(F)(F)F. The summed E-state index contributed by atoms with van der Waals surface area (Å²) in [6, 6.07) is 0. The number of esters is 1. The molecule has 0 aliphatic heterocycles. The van der Waals surface area contributed by atoms with Crippen LogP contribution < -0.4 is 0 Å². The highest BCUT2D eigenvalue weighted by Crippen LogP contribution is 2.25. The van der Waals surface area contributed by atoms with E-state index in [1.807, 2.05) is 0 Å². The highest BCUT2D eigenvalue weighted by atomic mass is 19.4. The third kappa shape index (κ3) is 4.41. The van der Waals surface area contributed by atoms with Gasteiger partial charge in [0.15, 0.2) is 0 Å². The van der Waals surface area contributed by atoms with E-state index in [0.717, 1.165) is 18.2 Å². The first-order valence-corrected chi connectivity index (χ1v) is 4.32. The predicted octanol–water partition coefficient (Wildman–Crippen LogP) is 1.07. The summed E-state index contributed by atoms with van der Waals surface area (Å²) >= 11 is 0. The third-order valence-corrected chi connectivity index (χ3v) is 1.58. The first-order valence-electron chi connectivity index (χ1n) is 4.32. The van der Waals surface area contributed by atoms with Gasteiger partial charge >= 0.3 is 12.1 Å². The number of Topliss-reactive ketones (excluding diaryl/α,β-unsaturated/α-hetero) is 1. The van der Waals surface area contributed by atoms with Crippen molar-refractivity contribution in [2.24, 2.45) is 0 Å². The fourth-order valence-corrected chi connectivity index (χ4v) is 0.870. The molecule has 0 N–H and O–H groups in total. The molecule has 0 heterocycles. The maximum atomic E-state index is 12.8. The molecule has 1 atom stereocenters. The molecule has 4 nitrogen and oxygen atoms in total. The van der Waals surface area contributed by atoms with Crippen molar-refractivity contribution in [2.75, 3.05) is 21.2 Å². The van der Waals surface area contributed by atoms with E-state index in [9.17, 15) is 27.2 Å². The number of rotatable bonds is 4. The Morgan fingerprint density at radius 2 is 1.76 bits per heavy atom. The number of methoxy groups -OCH3 is 1. The number of carbonyl (C=O) groups excluding carboxylic acids is 2. The van der Waals surface area contributed by atoms with Crippen LogP contribution >= 0.6 is 0 Å². The summed E-state index contributed by atoms with van der Waals surface area (Å²) in [6.45, 7) is 0. The Hall–Kier alpha value is -1.60. The Balaban J connectivity index is 5.23. The van der Waals surface area contributed by atoms with Gasteiger partial charge in [0.2, 0.25) is 5.78 Å². The second kappa shape index (κ2) is 5.65. The van der Waals surface area contributed by atoms with E-state index in [0.29, 0.717) is 0 Å². The molecule has 0 aromatic rings. The monoisotopic (exact) mass is 257 g/mol. The summed E-state index contributed by atoms with van der Waals surface area (Å²) in [5, 5.41) is 0. The predicted molar refractivity (Wildman–Crippen MR) is 49.7 cm³/mol. The van der Waals surface area contributed by atoms with Gasteiger partial charge in [0, 0.05) is 20.3 Å². The summed E-state index contributed by atoms with van der Waals surface area (Å²) < 4.78 is 52.8. The lowest BCUT2D eigenvalue weighted by Gasteiger charge is -2.14. The van der Waals surface area contributed by atoms with Gasteiger partial charge < -0.3 is 9.64 Å². The number of ether oxygens (including phenoxy) is 1.